The Morgan fingerprint density at radius 1 is 1.00 bits per heavy atom. The maximum atomic E-state index is 12.6. The molecule has 1 aromatic heterocycles. The fourth-order valence-corrected chi connectivity index (χ4v) is 4.34. The molecule has 29 heavy (non-hydrogen) atoms. The van der Waals surface area contributed by atoms with Crippen LogP contribution in [-0.2, 0) is 16.6 Å². The molecule has 3 rings (SSSR count). The van der Waals surface area contributed by atoms with E-state index in [0.29, 0.717) is 17.2 Å². The van der Waals surface area contributed by atoms with E-state index in [9.17, 15) is 13.2 Å². The number of ether oxygens (including phenoxy) is 2. The minimum absolute atomic E-state index is 0.0185. The van der Waals surface area contributed by atoms with Crippen LogP contribution >= 0.6 is 11.3 Å². The second-order valence-electron chi connectivity index (χ2n) is 5.99. The summed E-state index contributed by atoms with van der Waals surface area (Å²) >= 11 is 1.46. The smallest absolute Gasteiger partial charge is 0.255 e. The van der Waals surface area contributed by atoms with Crippen LogP contribution in [0.15, 0.2) is 64.9 Å². The summed E-state index contributed by atoms with van der Waals surface area (Å²) < 4.78 is 38.0. The summed E-state index contributed by atoms with van der Waals surface area (Å²) in [5.74, 6) is 0.595. The van der Waals surface area contributed by atoms with Gasteiger partial charge in [0.25, 0.3) is 5.91 Å². The molecular weight excluding hydrogens is 412 g/mol. The lowest BCUT2D eigenvalue weighted by atomic mass is 10.2. The van der Waals surface area contributed by atoms with Gasteiger partial charge < -0.3 is 14.8 Å². The Morgan fingerprint density at radius 3 is 2.34 bits per heavy atom. The number of hydrogen-bond acceptors (Lipinski definition) is 6. The zero-order valence-corrected chi connectivity index (χ0v) is 17.5. The van der Waals surface area contributed by atoms with Gasteiger partial charge in [-0.25, -0.2) is 13.1 Å². The Hall–Kier alpha value is -2.88. The standard InChI is InChI=1S/C20H20N2O5S2/c1-26-16-10-15(11-17(12-16)27-2)22-20(23)14-5-3-7-19(9-14)29(24,25)21-13-18-6-4-8-28-18/h3-12,21H,13H2,1-2H3,(H,22,23). The molecule has 0 saturated carbocycles. The first-order valence-corrected chi connectivity index (χ1v) is 10.9. The Kier molecular flexibility index (Phi) is 6.53. The number of sulfonamides is 1. The third kappa shape index (κ3) is 5.35. The summed E-state index contributed by atoms with van der Waals surface area (Å²) in [6.45, 7) is 0.194. The zero-order valence-electron chi connectivity index (χ0n) is 15.8. The number of rotatable bonds is 8. The van der Waals surface area contributed by atoms with E-state index in [4.69, 9.17) is 9.47 Å². The van der Waals surface area contributed by atoms with Gasteiger partial charge in [-0.15, -0.1) is 11.3 Å². The number of hydrogen-bond donors (Lipinski definition) is 2. The number of carbonyl (C=O) groups excluding carboxylic acids is 1. The maximum Gasteiger partial charge on any atom is 0.255 e. The number of nitrogens with one attached hydrogen (secondary N) is 2. The zero-order chi connectivity index (χ0) is 20.9. The van der Waals surface area contributed by atoms with E-state index in [1.807, 2.05) is 17.5 Å². The third-order valence-electron chi connectivity index (χ3n) is 4.03. The van der Waals surface area contributed by atoms with Crippen LogP contribution < -0.4 is 19.5 Å². The van der Waals surface area contributed by atoms with Crippen molar-refractivity contribution in [2.75, 3.05) is 19.5 Å². The van der Waals surface area contributed by atoms with Crippen molar-refractivity contribution in [3.63, 3.8) is 0 Å². The minimum atomic E-state index is -3.75. The lowest BCUT2D eigenvalue weighted by Crippen LogP contribution is -2.23. The molecule has 0 aliphatic carbocycles. The summed E-state index contributed by atoms with van der Waals surface area (Å²) in [6, 6.07) is 14.5. The topological polar surface area (TPSA) is 93.7 Å². The molecule has 0 atom stereocenters. The average molecular weight is 433 g/mol. The lowest BCUT2D eigenvalue weighted by Gasteiger charge is -2.11. The Morgan fingerprint density at radius 2 is 1.72 bits per heavy atom. The maximum absolute atomic E-state index is 12.6. The molecule has 152 valence electrons. The molecule has 0 aliphatic heterocycles. The predicted octanol–water partition coefficient (Wildman–Crippen LogP) is 3.50. The highest BCUT2D eigenvalue weighted by molar-refractivity contribution is 7.89. The molecule has 0 fully saturated rings. The number of thiophene rings is 1. The molecule has 2 aromatic carbocycles. The van der Waals surface area contributed by atoms with Gasteiger partial charge >= 0.3 is 0 Å². The van der Waals surface area contributed by atoms with Crippen LogP contribution in [0, 0.1) is 0 Å². The monoisotopic (exact) mass is 432 g/mol. The van der Waals surface area contributed by atoms with E-state index in [-0.39, 0.29) is 17.0 Å². The molecular formula is C20H20N2O5S2. The molecule has 0 bridgehead atoms. The molecule has 1 amide bonds. The van der Waals surface area contributed by atoms with Crippen molar-refractivity contribution in [1.82, 2.24) is 4.72 Å². The van der Waals surface area contributed by atoms with Crippen LogP contribution in [0.25, 0.3) is 0 Å². The molecule has 0 radical (unpaired) electrons. The number of benzene rings is 2. The van der Waals surface area contributed by atoms with Gasteiger partial charge in [-0.1, -0.05) is 12.1 Å². The lowest BCUT2D eigenvalue weighted by molar-refractivity contribution is 0.102. The molecule has 0 spiro atoms. The van der Waals surface area contributed by atoms with Gasteiger partial charge in [0, 0.05) is 40.9 Å². The summed E-state index contributed by atoms with van der Waals surface area (Å²) in [4.78, 5) is 13.5. The Balaban J connectivity index is 1.77. The largest absolute Gasteiger partial charge is 0.497 e. The van der Waals surface area contributed by atoms with Crippen molar-refractivity contribution in [2.24, 2.45) is 0 Å². The van der Waals surface area contributed by atoms with Gasteiger partial charge in [-0.3, -0.25) is 4.79 Å². The van der Waals surface area contributed by atoms with E-state index >= 15 is 0 Å². The van der Waals surface area contributed by atoms with E-state index < -0.39 is 15.9 Å². The van der Waals surface area contributed by atoms with Gasteiger partial charge in [0.1, 0.15) is 11.5 Å². The van der Waals surface area contributed by atoms with Crippen molar-refractivity contribution in [3.8, 4) is 11.5 Å². The van der Waals surface area contributed by atoms with Gasteiger partial charge in [0.2, 0.25) is 10.0 Å². The van der Waals surface area contributed by atoms with Crippen LogP contribution in [0.3, 0.4) is 0 Å². The normalized spacial score (nSPS) is 11.1. The molecule has 3 aromatic rings. The van der Waals surface area contributed by atoms with Gasteiger partial charge in [0.05, 0.1) is 19.1 Å². The van der Waals surface area contributed by atoms with Crippen LogP contribution in [0.5, 0.6) is 11.5 Å². The summed E-state index contributed by atoms with van der Waals surface area (Å²) in [7, 11) is -0.726. The van der Waals surface area contributed by atoms with Crippen LogP contribution in [0.2, 0.25) is 0 Å². The van der Waals surface area contributed by atoms with Crippen LogP contribution in [-0.4, -0.2) is 28.5 Å². The Labute approximate surface area is 173 Å². The minimum Gasteiger partial charge on any atom is -0.497 e. The fourth-order valence-electron chi connectivity index (χ4n) is 2.55. The van der Waals surface area contributed by atoms with E-state index in [0.717, 1.165) is 4.88 Å². The van der Waals surface area contributed by atoms with E-state index in [2.05, 4.69) is 10.0 Å². The number of carbonyl (C=O) groups is 1. The average Bonchev–Trinajstić information content (AvgIpc) is 3.26. The number of amides is 1. The van der Waals surface area contributed by atoms with Gasteiger partial charge in [-0.2, -0.15) is 0 Å². The third-order valence-corrected chi connectivity index (χ3v) is 6.31. The predicted molar refractivity (Wildman–Crippen MR) is 112 cm³/mol. The molecule has 0 unspecified atom stereocenters. The highest BCUT2D eigenvalue weighted by Gasteiger charge is 2.17. The van der Waals surface area contributed by atoms with Crippen LogP contribution in [0.4, 0.5) is 5.69 Å². The molecule has 0 aliphatic rings. The molecule has 7 nitrogen and oxygen atoms in total. The molecule has 0 saturated heterocycles. The quantitative estimate of drug-likeness (QED) is 0.568. The summed E-state index contributed by atoms with van der Waals surface area (Å²) in [5, 5.41) is 4.61. The molecule has 1 heterocycles. The first-order valence-electron chi connectivity index (χ1n) is 8.58. The number of methoxy groups -OCH3 is 2. The van der Waals surface area contributed by atoms with Gasteiger partial charge in [-0.05, 0) is 29.6 Å². The van der Waals surface area contributed by atoms with Crippen LogP contribution in [0.1, 0.15) is 15.2 Å². The highest BCUT2D eigenvalue weighted by Crippen LogP contribution is 2.26. The number of anilines is 1. The Bertz CT molecular complexity index is 1070. The van der Waals surface area contributed by atoms with Crippen molar-refractivity contribution in [3.05, 3.63) is 70.4 Å². The van der Waals surface area contributed by atoms with Crippen molar-refractivity contribution in [2.45, 2.75) is 11.4 Å². The SMILES string of the molecule is COc1cc(NC(=O)c2cccc(S(=O)(=O)NCc3cccs3)c2)cc(OC)c1. The second kappa shape index (κ2) is 9.08. The summed E-state index contributed by atoms with van der Waals surface area (Å²) in [6.07, 6.45) is 0. The second-order valence-corrected chi connectivity index (χ2v) is 8.79. The fraction of sp³-hybridized carbons (Fsp3) is 0.150. The first-order chi connectivity index (χ1) is 13.9. The van der Waals surface area contributed by atoms with Gasteiger partial charge in [0.15, 0.2) is 0 Å². The first kappa shape index (κ1) is 20.8. The van der Waals surface area contributed by atoms with Crippen molar-refractivity contribution < 1.29 is 22.7 Å². The van der Waals surface area contributed by atoms with E-state index in [1.54, 1.807) is 24.3 Å². The van der Waals surface area contributed by atoms with Crippen molar-refractivity contribution >= 4 is 33.0 Å². The summed E-state index contributed by atoms with van der Waals surface area (Å²) in [5.41, 5.74) is 0.682. The van der Waals surface area contributed by atoms with Crippen molar-refractivity contribution in [1.29, 1.82) is 0 Å². The molecule has 2 N–H and O–H groups in total. The molecule has 9 heteroatoms. The highest BCUT2D eigenvalue weighted by atomic mass is 32.2. The van der Waals surface area contributed by atoms with E-state index in [1.165, 1.54) is 43.8 Å².